The molecule has 4 N–H and O–H groups in total. The van der Waals surface area contributed by atoms with Crippen molar-refractivity contribution < 1.29 is 38.4 Å². The number of allylic oxidation sites excluding steroid dienone is 1. The molecule has 222 valence electrons. The molecule has 1 aliphatic rings. The molecule has 0 spiro atoms. The van der Waals surface area contributed by atoms with E-state index in [1.165, 1.54) is 13.3 Å². The van der Waals surface area contributed by atoms with Crippen molar-refractivity contribution in [2.45, 2.75) is 40.0 Å². The predicted molar refractivity (Wildman–Crippen MR) is 153 cm³/mol. The lowest BCUT2D eigenvalue weighted by Crippen LogP contribution is -2.45. The van der Waals surface area contributed by atoms with E-state index in [1.54, 1.807) is 37.3 Å². The second kappa shape index (κ2) is 15.0. The van der Waals surface area contributed by atoms with Gasteiger partial charge >= 0.3 is 12.0 Å². The molecule has 2 atom stereocenters. The van der Waals surface area contributed by atoms with E-state index in [0.717, 1.165) is 0 Å². The van der Waals surface area contributed by atoms with Crippen molar-refractivity contribution in [2.75, 3.05) is 33.5 Å². The molecule has 0 unspecified atom stereocenters. The monoisotopic (exact) mass is 590 g/mol. The highest BCUT2D eigenvalue weighted by Crippen LogP contribution is 2.37. The molecule has 41 heavy (non-hydrogen) atoms. The van der Waals surface area contributed by atoms with Gasteiger partial charge in [0.1, 0.15) is 6.61 Å². The van der Waals surface area contributed by atoms with Crippen LogP contribution in [0.3, 0.4) is 0 Å². The number of methoxy groups -OCH3 is 1. The standard InChI is InChI=1S/C28H35ClN4O8/c1-6-38-21-13-18(25-24(27(35)37-5)16(4)31-28(36)32-25)9-10-20(21)41-15-23(34)33-30-14-17-11-19(29)26(40-8-3)22(12-17)39-7-2/h9-14,23,25,33-34H,6-8,15H2,1-5H3,(H2,31,32,36)/b30-14-/t23-,25-/m1/s1. The Hall–Kier alpha value is -4.16. The van der Waals surface area contributed by atoms with Crippen molar-refractivity contribution in [2.24, 2.45) is 5.10 Å². The van der Waals surface area contributed by atoms with Gasteiger partial charge in [-0.15, -0.1) is 0 Å². The first kappa shape index (κ1) is 31.4. The SMILES string of the molecule is CCOc1cc([C@H]2NC(=O)NC(C)=C2C(=O)OC)ccc1OC[C@@H](O)N/N=C\c1cc(Cl)c(OCC)c(OCC)c1. The third kappa shape index (κ3) is 8.18. The zero-order valence-corrected chi connectivity index (χ0v) is 24.3. The number of hydrazone groups is 1. The van der Waals surface area contributed by atoms with Crippen molar-refractivity contribution in [3.63, 3.8) is 0 Å². The maximum atomic E-state index is 12.4. The Kier molecular flexibility index (Phi) is 11.5. The normalized spacial score (nSPS) is 15.6. The second-order valence-electron chi connectivity index (χ2n) is 8.61. The maximum absolute atomic E-state index is 12.4. The van der Waals surface area contributed by atoms with Crippen molar-refractivity contribution in [1.29, 1.82) is 0 Å². The fraction of sp³-hybridized carbons (Fsp3) is 0.393. The van der Waals surface area contributed by atoms with Crippen LogP contribution in [0.5, 0.6) is 23.0 Å². The second-order valence-corrected chi connectivity index (χ2v) is 9.02. The van der Waals surface area contributed by atoms with E-state index in [-0.39, 0.29) is 12.2 Å². The zero-order valence-electron chi connectivity index (χ0n) is 23.6. The van der Waals surface area contributed by atoms with Crippen LogP contribution >= 0.6 is 11.6 Å². The highest BCUT2D eigenvalue weighted by Gasteiger charge is 2.32. The van der Waals surface area contributed by atoms with Gasteiger partial charge in [0.05, 0.1) is 49.8 Å². The van der Waals surface area contributed by atoms with E-state index in [1.807, 2.05) is 20.8 Å². The summed E-state index contributed by atoms with van der Waals surface area (Å²) in [6.07, 6.45) is 0.320. The molecule has 0 saturated carbocycles. The van der Waals surface area contributed by atoms with Gasteiger partial charge in [0.15, 0.2) is 29.2 Å². The summed E-state index contributed by atoms with van der Waals surface area (Å²) in [4.78, 5) is 24.5. The molecule has 2 amide bonds. The number of amides is 2. The molecular weight excluding hydrogens is 556 g/mol. The number of aliphatic hydroxyl groups is 1. The summed E-state index contributed by atoms with van der Waals surface area (Å²) in [5, 5.41) is 20.1. The number of ether oxygens (including phenoxy) is 5. The van der Waals surface area contributed by atoms with Crippen molar-refractivity contribution in [3.05, 3.63) is 57.8 Å². The Balaban J connectivity index is 1.70. The van der Waals surface area contributed by atoms with Crippen molar-refractivity contribution in [1.82, 2.24) is 16.1 Å². The first-order valence-corrected chi connectivity index (χ1v) is 13.4. The molecule has 2 aromatic rings. The number of halogens is 1. The predicted octanol–water partition coefficient (Wildman–Crippen LogP) is 3.66. The number of hydrogen-bond acceptors (Lipinski definition) is 10. The largest absolute Gasteiger partial charge is 0.490 e. The van der Waals surface area contributed by atoms with Gasteiger partial charge in [-0.25, -0.2) is 9.59 Å². The number of nitrogens with zero attached hydrogens (tertiary/aromatic N) is 1. The lowest BCUT2D eigenvalue weighted by Gasteiger charge is -2.28. The maximum Gasteiger partial charge on any atom is 0.337 e. The van der Waals surface area contributed by atoms with E-state index >= 15 is 0 Å². The number of hydrogen-bond donors (Lipinski definition) is 4. The minimum absolute atomic E-state index is 0.165. The molecule has 0 bridgehead atoms. The molecule has 0 fully saturated rings. The number of aliphatic hydroxyl groups excluding tert-OH is 1. The van der Waals surface area contributed by atoms with Gasteiger partial charge < -0.3 is 39.4 Å². The Morgan fingerprint density at radius 3 is 2.46 bits per heavy atom. The first-order chi connectivity index (χ1) is 19.7. The van der Waals surface area contributed by atoms with E-state index in [2.05, 4.69) is 21.2 Å². The molecule has 0 radical (unpaired) electrons. The summed E-state index contributed by atoms with van der Waals surface area (Å²) in [5.74, 6) is 1.09. The van der Waals surface area contributed by atoms with Crippen LogP contribution in [0.1, 0.15) is 44.9 Å². The molecule has 0 aliphatic carbocycles. The average molecular weight is 591 g/mol. The van der Waals surface area contributed by atoms with Crippen LogP contribution in [-0.2, 0) is 9.53 Å². The van der Waals surface area contributed by atoms with Gasteiger partial charge in [-0.05, 0) is 63.1 Å². The molecule has 3 rings (SSSR count). The van der Waals surface area contributed by atoms with Crippen LogP contribution in [0.4, 0.5) is 4.79 Å². The number of carbonyl (C=O) groups excluding carboxylic acids is 2. The van der Waals surface area contributed by atoms with Crippen molar-refractivity contribution in [3.8, 4) is 23.0 Å². The highest BCUT2D eigenvalue weighted by atomic mass is 35.5. The van der Waals surface area contributed by atoms with Gasteiger partial charge in [0.25, 0.3) is 0 Å². The van der Waals surface area contributed by atoms with Gasteiger partial charge in [-0.1, -0.05) is 17.7 Å². The lowest BCUT2D eigenvalue weighted by atomic mass is 9.95. The third-order valence-electron chi connectivity index (χ3n) is 5.73. The third-order valence-corrected chi connectivity index (χ3v) is 6.01. The molecule has 0 aromatic heterocycles. The smallest absolute Gasteiger partial charge is 0.337 e. The Bertz CT molecular complexity index is 1300. The van der Waals surface area contributed by atoms with Crippen LogP contribution in [-0.4, -0.2) is 63.1 Å². The fourth-order valence-corrected chi connectivity index (χ4v) is 4.30. The number of esters is 1. The summed E-state index contributed by atoms with van der Waals surface area (Å²) in [5.41, 5.74) is 4.47. The summed E-state index contributed by atoms with van der Waals surface area (Å²) >= 11 is 6.34. The lowest BCUT2D eigenvalue weighted by molar-refractivity contribution is -0.136. The Labute approximate surface area is 243 Å². The molecule has 1 heterocycles. The van der Waals surface area contributed by atoms with Crippen LogP contribution in [0.2, 0.25) is 5.02 Å². The van der Waals surface area contributed by atoms with Crippen molar-refractivity contribution >= 4 is 29.8 Å². The van der Waals surface area contributed by atoms with Crippen LogP contribution < -0.4 is 35.0 Å². The topological polar surface area (TPSA) is 149 Å². The first-order valence-electron chi connectivity index (χ1n) is 13.0. The van der Waals surface area contributed by atoms with Crippen LogP contribution in [0, 0.1) is 0 Å². The van der Waals surface area contributed by atoms with E-state index in [0.29, 0.717) is 64.7 Å². The minimum Gasteiger partial charge on any atom is -0.490 e. The van der Waals surface area contributed by atoms with E-state index < -0.39 is 24.3 Å². The summed E-state index contributed by atoms with van der Waals surface area (Å²) < 4.78 is 27.6. The molecule has 12 nitrogen and oxygen atoms in total. The Morgan fingerprint density at radius 2 is 1.78 bits per heavy atom. The van der Waals surface area contributed by atoms with Crippen LogP contribution in [0.15, 0.2) is 46.7 Å². The highest BCUT2D eigenvalue weighted by molar-refractivity contribution is 6.32. The Morgan fingerprint density at radius 1 is 1.07 bits per heavy atom. The van der Waals surface area contributed by atoms with Gasteiger partial charge in [0, 0.05) is 5.70 Å². The number of nitrogens with one attached hydrogen (secondary N) is 3. The van der Waals surface area contributed by atoms with Gasteiger partial charge in [-0.2, -0.15) is 5.10 Å². The summed E-state index contributed by atoms with van der Waals surface area (Å²) in [6.45, 7) is 8.18. The average Bonchev–Trinajstić information content (AvgIpc) is 2.93. The molecule has 13 heteroatoms. The molecular formula is C28H35ClN4O8. The number of rotatable bonds is 14. The van der Waals surface area contributed by atoms with Crippen LogP contribution in [0.25, 0.3) is 0 Å². The number of carbonyl (C=O) groups is 2. The zero-order chi connectivity index (χ0) is 29.9. The quantitative estimate of drug-likeness (QED) is 0.112. The minimum atomic E-state index is -1.16. The fourth-order valence-electron chi connectivity index (χ4n) is 4.03. The molecule has 0 saturated heterocycles. The number of benzene rings is 2. The van der Waals surface area contributed by atoms with Gasteiger partial charge in [-0.3, -0.25) is 5.43 Å². The van der Waals surface area contributed by atoms with E-state index in [9.17, 15) is 14.7 Å². The summed E-state index contributed by atoms with van der Waals surface area (Å²) in [6, 6.07) is 7.18. The number of urea groups is 1. The molecule has 1 aliphatic heterocycles. The molecule has 2 aromatic carbocycles. The summed E-state index contributed by atoms with van der Waals surface area (Å²) in [7, 11) is 1.27. The van der Waals surface area contributed by atoms with E-state index in [4.69, 9.17) is 35.3 Å². The van der Waals surface area contributed by atoms with Gasteiger partial charge in [0.2, 0.25) is 0 Å².